The fraction of sp³-hybridized carbons (Fsp3) is 0.312. The Morgan fingerprint density at radius 1 is 1.11 bits per heavy atom. The summed E-state index contributed by atoms with van der Waals surface area (Å²) >= 11 is 0. The SMILES string of the molecule is CCN(Cc1ccccn1)C(CN)c1ccccc1. The topological polar surface area (TPSA) is 42.2 Å². The van der Waals surface area contributed by atoms with Gasteiger partial charge in [0.25, 0.3) is 0 Å². The molecule has 1 aromatic carbocycles. The third kappa shape index (κ3) is 3.63. The molecule has 0 fully saturated rings. The van der Waals surface area contributed by atoms with Gasteiger partial charge in [0.1, 0.15) is 0 Å². The minimum Gasteiger partial charge on any atom is -0.329 e. The molecule has 2 rings (SSSR count). The number of aromatic nitrogens is 1. The zero-order valence-electron chi connectivity index (χ0n) is 11.4. The predicted molar refractivity (Wildman–Crippen MR) is 78.6 cm³/mol. The summed E-state index contributed by atoms with van der Waals surface area (Å²) in [7, 11) is 0. The van der Waals surface area contributed by atoms with E-state index in [9.17, 15) is 0 Å². The van der Waals surface area contributed by atoms with Crippen LogP contribution in [-0.2, 0) is 6.54 Å². The van der Waals surface area contributed by atoms with Crippen LogP contribution in [0.5, 0.6) is 0 Å². The molecular formula is C16H21N3. The van der Waals surface area contributed by atoms with Crippen LogP contribution >= 0.6 is 0 Å². The molecule has 1 heterocycles. The Kier molecular flexibility index (Phi) is 5.07. The number of pyridine rings is 1. The first-order chi connectivity index (χ1) is 9.35. The van der Waals surface area contributed by atoms with E-state index >= 15 is 0 Å². The lowest BCUT2D eigenvalue weighted by Gasteiger charge is -2.29. The lowest BCUT2D eigenvalue weighted by Crippen LogP contribution is -2.33. The Bertz CT molecular complexity index is 470. The molecule has 0 spiro atoms. The summed E-state index contributed by atoms with van der Waals surface area (Å²) in [6.07, 6.45) is 1.84. The highest BCUT2D eigenvalue weighted by atomic mass is 15.2. The third-order valence-electron chi connectivity index (χ3n) is 3.35. The molecule has 19 heavy (non-hydrogen) atoms. The molecule has 0 aliphatic rings. The van der Waals surface area contributed by atoms with E-state index in [4.69, 9.17) is 5.73 Å². The lowest BCUT2D eigenvalue weighted by molar-refractivity contribution is 0.201. The van der Waals surface area contributed by atoms with Crippen molar-refractivity contribution in [2.75, 3.05) is 13.1 Å². The highest BCUT2D eigenvalue weighted by Gasteiger charge is 2.17. The number of benzene rings is 1. The summed E-state index contributed by atoms with van der Waals surface area (Å²) in [6, 6.07) is 16.7. The smallest absolute Gasteiger partial charge is 0.0544 e. The van der Waals surface area contributed by atoms with Crippen LogP contribution in [0.2, 0.25) is 0 Å². The second-order valence-electron chi connectivity index (χ2n) is 4.55. The molecule has 0 aliphatic carbocycles. The Labute approximate surface area is 115 Å². The molecule has 1 atom stereocenters. The van der Waals surface area contributed by atoms with Gasteiger partial charge in [-0.15, -0.1) is 0 Å². The minimum atomic E-state index is 0.244. The van der Waals surface area contributed by atoms with Crippen molar-refractivity contribution in [3.8, 4) is 0 Å². The van der Waals surface area contributed by atoms with Crippen LogP contribution in [0.3, 0.4) is 0 Å². The van der Waals surface area contributed by atoms with E-state index in [0.717, 1.165) is 18.8 Å². The minimum absolute atomic E-state index is 0.244. The van der Waals surface area contributed by atoms with Gasteiger partial charge in [0.05, 0.1) is 5.69 Å². The molecule has 100 valence electrons. The Balaban J connectivity index is 2.15. The average Bonchev–Trinajstić information content (AvgIpc) is 2.49. The van der Waals surface area contributed by atoms with Crippen LogP contribution in [-0.4, -0.2) is 23.0 Å². The number of hydrogen-bond acceptors (Lipinski definition) is 3. The third-order valence-corrected chi connectivity index (χ3v) is 3.35. The molecule has 0 amide bonds. The van der Waals surface area contributed by atoms with Gasteiger partial charge in [0.15, 0.2) is 0 Å². The molecule has 3 heteroatoms. The Hall–Kier alpha value is -1.71. The summed E-state index contributed by atoms with van der Waals surface area (Å²) in [6.45, 7) is 4.56. The molecule has 0 saturated heterocycles. The number of hydrogen-bond donors (Lipinski definition) is 1. The van der Waals surface area contributed by atoms with Gasteiger partial charge in [-0.1, -0.05) is 43.3 Å². The molecule has 0 aliphatic heterocycles. The van der Waals surface area contributed by atoms with E-state index in [0.29, 0.717) is 6.54 Å². The summed E-state index contributed by atoms with van der Waals surface area (Å²) < 4.78 is 0. The molecule has 2 aromatic rings. The van der Waals surface area contributed by atoms with Gasteiger partial charge in [0, 0.05) is 25.3 Å². The molecule has 0 bridgehead atoms. The van der Waals surface area contributed by atoms with Crippen LogP contribution in [0.25, 0.3) is 0 Å². The first-order valence-corrected chi connectivity index (χ1v) is 6.74. The van der Waals surface area contributed by atoms with Crippen molar-refractivity contribution >= 4 is 0 Å². The molecule has 3 nitrogen and oxygen atoms in total. The second-order valence-corrected chi connectivity index (χ2v) is 4.55. The fourth-order valence-electron chi connectivity index (χ4n) is 2.31. The van der Waals surface area contributed by atoms with Gasteiger partial charge in [-0.05, 0) is 24.2 Å². The number of likely N-dealkylation sites (N-methyl/N-ethyl adjacent to an activating group) is 1. The van der Waals surface area contributed by atoms with Crippen LogP contribution in [0, 0.1) is 0 Å². The number of nitrogens with two attached hydrogens (primary N) is 1. The van der Waals surface area contributed by atoms with Gasteiger partial charge in [-0.3, -0.25) is 9.88 Å². The van der Waals surface area contributed by atoms with Crippen LogP contribution in [0.4, 0.5) is 0 Å². The maximum Gasteiger partial charge on any atom is 0.0544 e. The van der Waals surface area contributed by atoms with Gasteiger partial charge in [0.2, 0.25) is 0 Å². The number of rotatable bonds is 6. The van der Waals surface area contributed by atoms with Gasteiger partial charge < -0.3 is 5.73 Å². The quantitative estimate of drug-likeness (QED) is 0.862. The number of nitrogens with zero attached hydrogens (tertiary/aromatic N) is 2. The van der Waals surface area contributed by atoms with Crippen molar-refractivity contribution in [3.05, 3.63) is 66.0 Å². The highest BCUT2D eigenvalue weighted by molar-refractivity contribution is 5.19. The lowest BCUT2D eigenvalue weighted by atomic mass is 10.1. The van der Waals surface area contributed by atoms with Crippen molar-refractivity contribution in [1.82, 2.24) is 9.88 Å². The van der Waals surface area contributed by atoms with Crippen LogP contribution in [0.15, 0.2) is 54.7 Å². The molecule has 2 N–H and O–H groups in total. The normalized spacial score (nSPS) is 12.6. The van der Waals surface area contributed by atoms with E-state index in [1.54, 1.807) is 0 Å². The molecule has 1 aromatic heterocycles. The standard InChI is InChI=1S/C16H21N3/c1-2-19(13-15-10-6-7-11-18-15)16(12-17)14-8-4-3-5-9-14/h3-11,16H,2,12-13,17H2,1H3. The van der Waals surface area contributed by atoms with E-state index in [2.05, 4.69) is 47.1 Å². The van der Waals surface area contributed by atoms with Crippen LogP contribution < -0.4 is 5.73 Å². The molecule has 0 saturated carbocycles. The summed E-state index contributed by atoms with van der Waals surface area (Å²) in [5, 5.41) is 0. The van der Waals surface area contributed by atoms with E-state index < -0.39 is 0 Å². The molecular weight excluding hydrogens is 234 g/mol. The van der Waals surface area contributed by atoms with Gasteiger partial charge >= 0.3 is 0 Å². The Morgan fingerprint density at radius 2 is 1.84 bits per heavy atom. The van der Waals surface area contributed by atoms with Crippen molar-refractivity contribution in [2.24, 2.45) is 5.73 Å². The van der Waals surface area contributed by atoms with E-state index in [1.807, 2.05) is 24.4 Å². The van der Waals surface area contributed by atoms with Crippen molar-refractivity contribution in [3.63, 3.8) is 0 Å². The van der Waals surface area contributed by atoms with E-state index in [1.165, 1.54) is 5.56 Å². The average molecular weight is 255 g/mol. The van der Waals surface area contributed by atoms with Crippen molar-refractivity contribution in [2.45, 2.75) is 19.5 Å². The van der Waals surface area contributed by atoms with Crippen molar-refractivity contribution in [1.29, 1.82) is 0 Å². The highest BCUT2D eigenvalue weighted by Crippen LogP contribution is 2.20. The van der Waals surface area contributed by atoms with Crippen LogP contribution in [0.1, 0.15) is 24.2 Å². The maximum absolute atomic E-state index is 5.97. The predicted octanol–water partition coefficient (Wildman–Crippen LogP) is 2.60. The van der Waals surface area contributed by atoms with Gasteiger partial charge in [-0.2, -0.15) is 0 Å². The zero-order chi connectivity index (χ0) is 13.5. The maximum atomic E-state index is 5.97. The van der Waals surface area contributed by atoms with Crippen molar-refractivity contribution < 1.29 is 0 Å². The summed E-state index contributed by atoms with van der Waals surface area (Å²) in [4.78, 5) is 6.75. The largest absolute Gasteiger partial charge is 0.329 e. The monoisotopic (exact) mass is 255 g/mol. The second kappa shape index (κ2) is 7.02. The first-order valence-electron chi connectivity index (χ1n) is 6.74. The fourth-order valence-corrected chi connectivity index (χ4v) is 2.31. The molecule has 1 unspecified atom stereocenters. The Morgan fingerprint density at radius 3 is 2.42 bits per heavy atom. The first kappa shape index (κ1) is 13.7. The van der Waals surface area contributed by atoms with E-state index in [-0.39, 0.29) is 6.04 Å². The molecule has 0 radical (unpaired) electrons. The summed E-state index contributed by atoms with van der Waals surface area (Å²) in [5.74, 6) is 0. The zero-order valence-corrected chi connectivity index (χ0v) is 11.4. The summed E-state index contributed by atoms with van der Waals surface area (Å²) in [5.41, 5.74) is 8.32. The van der Waals surface area contributed by atoms with Gasteiger partial charge in [-0.25, -0.2) is 0 Å².